The van der Waals surface area contributed by atoms with Gasteiger partial charge >= 0.3 is 0 Å². The van der Waals surface area contributed by atoms with Gasteiger partial charge in [0.05, 0.1) is 12.7 Å². The van der Waals surface area contributed by atoms with Crippen molar-refractivity contribution in [3.05, 3.63) is 18.5 Å². The molecule has 4 rings (SSSR count). The van der Waals surface area contributed by atoms with Gasteiger partial charge < -0.3 is 14.5 Å². The van der Waals surface area contributed by atoms with Gasteiger partial charge in [-0.1, -0.05) is 0 Å². The van der Waals surface area contributed by atoms with Crippen molar-refractivity contribution in [2.45, 2.75) is 19.1 Å². The van der Waals surface area contributed by atoms with E-state index in [9.17, 15) is 4.79 Å². The van der Waals surface area contributed by atoms with Gasteiger partial charge in [0.1, 0.15) is 12.1 Å². The van der Waals surface area contributed by atoms with Gasteiger partial charge in [-0.2, -0.15) is 4.52 Å². The van der Waals surface area contributed by atoms with E-state index in [1.165, 1.54) is 0 Å². The van der Waals surface area contributed by atoms with Crippen molar-refractivity contribution in [1.29, 1.82) is 0 Å². The van der Waals surface area contributed by atoms with E-state index < -0.39 is 0 Å². The maximum absolute atomic E-state index is 11.5. The molecule has 2 aromatic rings. The minimum Gasteiger partial charge on any atom is -0.373 e. The molecule has 0 bridgehead atoms. The van der Waals surface area contributed by atoms with Crippen LogP contribution in [0.1, 0.15) is 6.92 Å². The number of fused-ring (bicyclic) bond motifs is 1. The van der Waals surface area contributed by atoms with Gasteiger partial charge in [-0.15, -0.1) is 15.3 Å². The zero-order valence-corrected chi connectivity index (χ0v) is 14.6. The summed E-state index contributed by atoms with van der Waals surface area (Å²) in [7, 11) is 2.12. The number of hydrogen-bond acceptors (Lipinski definition) is 7. The Balaban J connectivity index is 1.30. The number of carbonyl (C=O) groups excluding carboxylic acids is 1. The highest BCUT2D eigenvalue weighted by molar-refractivity contribution is 5.73. The zero-order chi connectivity index (χ0) is 17.4. The third kappa shape index (κ3) is 3.29. The van der Waals surface area contributed by atoms with Gasteiger partial charge in [-0.3, -0.25) is 9.69 Å². The second kappa shape index (κ2) is 6.57. The molecule has 4 heterocycles. The van der Waals surface area contributed by atoms with E-state index in [1.807, 2.05) is 17.0 Å². The molecule has 2 aromatic heterocycles. The second-order valence-corrected chi connectivity index (χ2v) is 6.78. The van der Waals surface area contributed by atoms with E-state index in [4.69, 9.17) is 4.74 Å². The Kier molecular flexibility index (Phi) is 4.26. The first-order valence-corrected chi connectivity index (χ1v) is 8.59. The highest BCUT2D eigenvalue weighted by Crippen LogP contribution is 2.22. The molecule has 9 nitrogen and oxygen atoms in total. The second-order valence-electron chi connectivity index (χ2n) is 6.78. The molecule has 0 aromatic carbocycles. The van der Waals surface area contributed by atoms with Crippen molar-refractivity contribution >= 4 is 17.4 Å². The van der Waals surface area contributed by atoms with Crippen LogP contribution in [0.2, 0.25) is 0 Å². The Morgan fingerprint density at radius 3 is 3.00 bits per heavy atom. The van der Waals surface area contributed by atoms with Crippen molar-refractivity contribution in [3.63, 3.8) is 0 Å². The summed E-state index contributed by atoms with van der Waals surface area (Å²) in [5.41, 5.74) is 0.752. The number of hydrogen-bond donors (Lipinski definition) is 0. The summed E-state index contributed by atoms with van der Waals surface area (Å²) >= 11 is 0. The molecular formula is C16H23N7O2. The topological polar surface area (TPSA) is 79.1 Å². The van der Waals surface area contributed by atoms with E-state index in [2.05, 4.69) is 32.1 Å². The fraction of sp³-hybridized carbons (Fsp3) is 0.625. The number of carbonyl (C=O) groups is 1. The van der Waals surface area contributed by atoms with Crippen LogP contribution in [0.4, 0.5) is 5.82 Å². The van der Waals surface area contributed by atoms with Crippen LogP contribution in [0.25, 0.3) is 5.65 Å². The standard InChI is InChI=1S/C16H23N7O2/c1-12(24)21-5-6-25-14(10-21)9-20(2)13-7-22(8-13)16-4-3-15-18-17-11-23(15)19-16/h3-4,11,13-14H,5-10H2,1-2H3. The van der Waals surface area contributed by atoms with Gasteiger partial charge in [0.15, 0.2) is 5.65 Å². The van der Waals surface area contributed by atoms with E-state index >= 15 is 0 Å². The summed E-state index contributed by atoms with van der Waals surface area (Å²) in [6, 6.07) is 4.38. The summed E-state index contributed by atoms with van der Waals surface area (Å²) in [6.07, 6.45) is 1.70. The van der Waals surface area contributed by atoms with Crippen LogP contribution >= 0.6 is 0 Å². The lowest BCUT2D eigenvalue weighted by molar-refractivity contribution is -0.137. The quantitative estimate of drug-likeness (QED) is 0.738. The van der Waals surface area contributed by atoms with Crippen LogP contribution in [0.5, 0.6) is 0 Å². The monoisotopic (exact) mass is 345 g/mol. The zero-order valence-electron chi connectivity index (χ0n) is 14.6. The molecule has 0 N–H and O–H groups in total. The van der Waals surface area contributed by atoms with Gasteiger partial charge in [-0.05, 0) is 19.2 Å². The van der Waals surface area contributed by atoms with E-state index in [0.717, 1.165) is 31.1 Å². The first-order valence-electron chi connectivity index (χ1n) is 8.59. The molecule has 1 atom stereocenters. The Morgan fingerprint density at radius 1 is 1.36 bits per heavy atom. The lowest BCUT2D eigenvalue weighted by Crippen LogP contribution is -2.61. The molecule has 2 aliphatic rings. The predicted molar refractivity (Wildman–Crippen MR) is 91.4 cm³/mol. The summed E-state index contributed by atoms with van der Waals surface area (Å²) < 4.78 is 7.51. The molecule has 9 heteroatoms. The largest absolute Gasteiger partial charge is 0.373 e. The molecule has 134 valence electrons. The Bertz CT molecular complexity index is 758. The van der Waals surface area contributed by atoms with Crippen molar-refractivity contribution in [2.75, 3.05) is 51.3 Å². The number of aromatic nitrogens is 4. The van der Waals surface area contributed by atoms with Crippen LogP contribution in [0, 0.1) is 0 Å². The van der Waals surface area contributed by atoms with Crippen LogP contribution in [0.15, 0.2) is 18.5 Å². The molecule has 25 heavy (non-hydrogen) atoms. The molecule has 2 fully saturated rings. The van der Waals surface area contributed by atoms with Crippen molar-refractivity contribution in [2.24, 2.45) is 0 Å². The van der Waals surface area contributed by atoms with Crippen LogP contribution in [0.3, 0.4) is 0 Å². The molecule has 0 spiro atoms. The third-order valence-corrected chi connectivity index (χ3v) is 5.03. The van der Waals surface area contributed by atoms with Crippen molar-refractivity contribution in [3.8, 4) is 0 Å². The number of nitrogens with zero attached hydrogens (tertiary/aromatic N) is 7. The highest BCUT2D eigenvalue weighted by atomic mass is 16.5. The van der Waals surface area contributed by atoms with Gasteiger partial charge in [-0.25, -0.2) is 0 Å². The van der Waals surface area contributed by atoms with E-state index in [1.54, 1.807) is 17.8 Å². The average molecular weight is 345 g/mol. The summed E-state index contributed by atoms with van der Waals surface area (Å²) in [5, 5.41) is 12.4. The van der Waals surface area contributed by atoms with Gasteiger partial charge in [0.25, 0.3) is 0 Å². The number of rotatable bonds is 4. The number of ether oxygens (including phenoxy) is 1. The lowest BCUT2D eigenvalue weighted by atomic mass is 10.1. The van der Waals surface area contributed by atoms with Crippen LogP contribution in [-0.2, 0) is 9.53 Å². The SMILES string of the molecule is CC(=O)N1CCOC(CN(C)C2CN(c3ccc4nncn4n3)C2)C1. The summed E-state index contributed by atoms with van der Waals surface area (Å²) in [4.78, 5) is 18.0. The molecule has 2 aliphatic heterocycles. The van der Waals surface area contributed by atoms with E-state index in [-0.39, 0.29) is 12.0 Å². The van der Waals surface area contributed by atoms with E-state index in [0.29, 0.717) is 25.7 Å². The Morgan fingerprint density at radius 2 is 2.20 bits per heavy atom. The average Bonchev–Trinajstić information content (AvgIpc) is 3.01. The van der Waals surface area contributed by atoms with Gasteiger partial charge in [0.2, 0.25) is 5.91 Å². The first kappa shape index (κ1) is 16.2. The number of morpholine rings is 1. The molecule has 0 radical (unpaired) electrons. The van der Waals surface area contributed by atoms with Crippen molar-refractivity contribution < 1.29 is 9.53 Å². The molecule has 0 saturated carbocycles. The fourth-order valence-electron chi connectivity index (χ4n) is 3.39. The first-order chi connectivity index (χ1) is 12.1. The number of likely N-dealkylation sites (N-methyl/N-ethyl adjacent to an activating group) is 1. The number of amides is 1. The maximum Gasteiger partial charge on any atom is 0.219 e. The molecule has 1 unspecified atom stereocenters. The summed E-state index contributed by atoms with van der Waals surface area (Å²) in [5.74, 6) is 1.06. The molecular weight excluding hydrogens is 322 g/mol. The maximum atomic E-state index is 11.5. The lowest BCUT2D eigenvalue weighted by Gasteiger charge is -2.46. The summed E-state index contributed by atoms with van der Waals surface area (Å²) in [6.45, 7) is 6.32. The molecule has 2 saturated heterocycles. The Labute approximate surface area is 146 Å². The van der Waals surface area contributed by atoms with Gasteiger partial charge in [0, 0.05) is 45.7 Å². The normalized spacial score (nSPS) is 21.8. The fourth-order valence-corrected chi connectivity index (χ4v) is 3.39. The highest BCUT2D eigenvalue weighted by Gasteiger charge is 2.33. The molecule has 0 aliphatic carbocycles. The number of anilines is 1. The Hall–Kier alpha value is -2.26. The smallest absolute Gasteiger partial charge is 0.219 e. The van der Waals surface area contributed by atoms with Crippen LogP contribution < -0.4 is 4.90 Å². The molecule has 1 amide bonds. The van der Waals surface area contributed by atoms with Crippen molar-refractivity contribution in [1.82, 2.24) is 29.6 Å². The minimum absolute atomic E-state index is 0.0863. The third-order valence-electron chi connectivity index (χ3n) is 5.03. The van der Waals surface area contributed by atoms with Crippen LogP contribution in [-0.4, -0.2) is 94.0 Å². The minimum atomic E-state index is 0.0863. The predicted octanol–water partition coefficient (Wildman–Crippen LogP) is -0.508.